The maximum atomic E-state index is 11.5. The minimum absolute atomic E-state index is 0.0355. The van der Waals surface area contributed by atoms with Crippen molar-refractivity contribution in [1.82, 2.24) is 15.1 Å². The van der Waals surface area contributed by atoms with Gasteiger partial charge in [-0.1, -0.05) is 18.5 Å². The molecule has 78 valence electrons. The van der Waals surface area contributed by atoms with Gasteiger partial charge in [0.05, 0.1) is 11.2 Å². The highest BCUT2D eigenvalue weighted by molar-refractivity contribution is 6.30. The van der Waals surface area contributed by atoms with E-state index in [1.54, 1.807) is 17.8 Å². The first kappa shape index (κ1) is 11.0. The fourth-order valence-corrected chi connectivity index (χ4v) is 1.19. The molecule has 14 heavy (non-hydrogen) atoms. The number of aromatic nitrogens is 2. The van der Waals surface area contributed by atoms with Crippen LogP contribution in [0.2, 0.25) is 5.02 Å². The SMILES string of the molecule is CCCNC(=O)C(C)n1cc(Cl)cn1. The van der Waals surface area contributed by atoms with E-state index in [1.807, 2.05) is 6.92 Å². The summed E-state index contributed by atoms with van der Waals surface area (Å²) >= 11 is 5.70. The molecule has 0 aliphatic rings. The van der Waals surface area contributed by atoms with Crippen LogP contribution in [0, 0.1) is 0 Å². The van der Waals surface area contributed by atoms with Crippen LogP contribution in [0.1, 0.15) is 26.3 Å². The molecule has 0 saturated heterocycles. The van der Waals surface area contributed by atoms with E-state index >= 15 is 0 Å². The third kappa shape index (κ3) is 2.73. The number of halogens is 1. The molecule has 1 unspecified atom stereocenters. The zero-order chi connectivity index (χ0) is 10.6. The number of nitrogens with one attached hydrogen (secondary N) is 1. The Labute approximate surface area is 88.2 Å². The molecule has 1 atom stereocenters. The van der Waals surface area contributed by atoms with Crippen LogP contribution in [0.4, 0.5) is 0 Å². The van der Waals surface area contributed by atoms with Crippen LogP contribution in [0.15, 0.2) is 12.4 Å². The van der Waals surface area contributed by atoms with E-state index < -0.39 is 0 Å². The van der Waals surface area contributed by atoms with Gasteiger partial charge >= 0.3 is 0 Å². The minimum Gasteiger partial charge on any atom is -0.354 e. The predicted molar refractivity (Wildman–Crippen MR) is 55.2 cm³/mol. The molecule has 0 bridgehead atoms. The molecule has 1 amide bonds. The predicted octanol–water partition coefficient (Wildman–Crippen LogP) is 1.62. The molecule has 1 N–H and O–H groups in total. The molecule has 0 fully saturated rings. The number of carbonyl (C=O) groups excluding carboxylic acids is 1. The summed E-state index contributed by atoms with van der Waals surface area (Å²) in [7, 11) is 0. The number of hydrogen-bond donors (Lipinski definition) is 1. The quantitative estimate of drug-likeness (QED) is 0.830. The number of amides is 1. The van der Waals surface area contributed by atoms with Gasteiger partial charge in [0, 0.05) is 12.7 Å². The highest BCUT2D eigenvalue weighted by atomic mass is 35.5. The topological polar surface area (TPSA) is 46.9 Å². The van der Waals surface area contributed by atoms with E-state index in [9.17, 15) is 4.79 Å². The van der Waals surface area contributed by atoms with Crippen molar-refractivity contribution >= 4 is 17.5 Å². The second kappa shape index (κ2) is 5.00. The summed E-state index contributed by atoms with van der Waals surface area (Å²) in [5.74, 6) is -0.0355. The third-order valence-electron chi connectivity index (χ3n) is 1.90. The molecule has 1 aromatic rings. The van der Waals surface area contributed by atoms with E-state index in [4.69, 9.17) is 11.6 Å². The Morgan fingerprint density at radius 3 is 3.00 bits per heavy atom. The van der Waals surface area contributed by atoms with Crippen LogP contribution in [-0.4, -0.2) is 22.2 Å². The van der Waals surface area contributed by atoms with Crippen LogP contribution in [-0.2, 0) is 4.79 Å². The van der Waals surface area contributed by atoms with Crippen molar-refractivity contribution in [2.24, 2.45) is 0 Å². The molecular formula is C9H14ClN3O. The normalized spacial score (nSPS) is 12.5. The van der Waals surface area contributed by atoms with Crippen molar-refractivity contribution in [2.45, 2.75) is 26.3 Å². The van der Waals surface area contributed by atoms with Crippen molar-refractivity contribution in [3.8, 4) is 0 Å². The minimum atomic E-state index is -0.311. The summed E-state index contributed by atoms with van der Waals surface area (Å²) < 4.78 is 1.55. The molecule has 0 spiro atoms. The van der Waals surface area contributed by atoms with Gasteiger partial charge in [-0.05, 0) is 13.3 Å². The van der Waals surface area contributed by atoms with Crippen LogP contribution < -0.4 is 5.32 Å². The summed E-state index contributed by atoms with van der Waals surface area (Å²) in [6.07, 6.45) is 4.08. The Morgan fingerprint density at radius 2 is 2.50 bits per heavy atom. The van der Waals surface area contributed by atoms with E-state index in [1.165, 1.54) is 6.20 Å². The van der Waals surface area contributed by atoms with E-state index in [0.717, 1.165) is 6.42 Å². The summed E-state index contributed by atoms with van der Waals surface area (Å²) in [6, 6.07) is -0.311. The van der Waals surface area contributed by atoms with Gasteiger partial charge in [-0.2, -0.15) is 5.10 Å². The number of hydrogen-bond acceptors (Lipinski definition) is 2. The fourth-order valence-electron chi connectivity index (χ4n) is 1.04. The van der Waals surface area contributed by atoms with Crippen molar-refractivity contribution in [2.75, 3.05) is 6.54 Å². The molecule has 0 aliphatic carbocycles. The average Bonchev–Trinajstić information content (AvgIpc) is 2.60. The molecule has 0 aliphatic heterocycles. The summed E-state index contributed by atoms with van der Waals surface area (Å²) in [5.41, 5.74) is 0. The maximum Gasteiger partial charge on any atom is 0.244 e. The monoisotopic (exact) mass is 215 g/mol. The molecule has 4 nitrogen and oxygen atoms in total. The molecule has 1 aromatic heterocycles. The summed E-state index contributed by atoms with van der Waals surface area (Å²) in [5, 5.41) is 7.31. The Bertz CT molecular complexity index is 311. The number of rotatable bonds is 4. The molecule has 0 radical (unpaired) electrons. The number of carbonyl (C=O) groups is 1. The maximum absolute atomic E-state index is 11.5. The van der Waals surface area contributed by atoms with Gasteiger partial charge in [0.15, 0.2) is 0 Å². The molecule has 1 heterocycles. The van der Waals surface area contributed by atoms with Gasteiger partial charge in [-0.3, -0.25) is 9.48 Å². The Balaban J connectivity index is 2.56. The standard InChI is InChI=1S/C9H14ClN3O/c1-3-4-11-9(14)7(2)13-6-8(10)5-12-13/h5-7H,3-4H2,1-2H3,(H,11,14). The first-order chi connectivity index (χ1) is 6.65. The third-order valence-corrected chi connectivity index (χ3v) is 2.09. The fraction of sp³-hybridized carbons (Fsp3) is 0.556. The lowest BCUT2D eigenvalue weighted by molar-refractivity contribution is -0.124. The largest absolute Gasteiger partial charge is 0.354 e. The Kier molecular flexibility index (Phi) is 3.95. The second-order valence-electron chi connectivity index (χ2n) is 3.11. The average molecular weight is 216 g/mol. The van der Waals surface area contributed by atoms with Gasteiger partial charge in [-0.25, -0.2) is 0 Å². The Morgan fingerprint density at radius 1 is 1.79 bits per heavy atom. The summed E-state index contributed by atoms with van der Waals surface area (Å²) in [4.78, 5) is 11.5. The van der Waals surface area contributed by atoms with Gasteiger partial charge in [0.1, 0.15) is 6.04 Å². The highest BCUT2D eigenvalue weighted by Crippen LogP contribution is 2.10. The molecule has 1 rings (SSSR count). The van der Waals surface area contributed by atoms with Gasteiger partial charge in [0.2, 0.25) is 5.91 Å². The lowest BCUT2D eigenvalue weighted by Crippen LogP contribution is -2.31. The van der Waals surface area contributed by atoms with Crippen molar-refractivity contribution in [3.63, 3.8) is 0 Å². The zero-order valence-corrected chi connectivity index (χ0v) is 9.08. The zero-order valence-electron chi connectivity index (χ0n) is 8.33. The molecule has 5 heteroatoms. The van der Waals surface area contributed by atoms with Crippen LogP contribution in [0.3, 0.4) is 0 Å². The first-order valence-electron chi connectivity index (χ1n) is 4.62. The van der Waals surface area contributed by atoms with E-state index in [0.29, 0.717) is 11.6 Å². The smallest absolute Gasteiger partial charge is 0.244 e. The number of nitrogens with zero attached hydrogens (tertiary/aromatic N) is 2. The van der Waals surface area contributed by atoms with Crippen molar-refractivity contribution in [1.29, 1.82) is 0 Å². The van der Waals surface area contributed by atoms with Crippen LogP contribution >= 0.6 is 11.6 Å². The molecular weight excluding hydrogens is 202 g/mol. The Hall–Kier alpha value is -1.03. The lowest BCUT2D eigenvalue weighted by atomic mass is 10.3. The van der Waals surface area contributed by atoms with Gasteiger partial charge in [-0.15, -0.1) is 0 Å². The van der Waals surface area contributed by atoms with Crippen molar-refractivity contribution in [3.05, 3.63) is 17.4 Å². The molecule has 0 aromatic carbocycles. The summed E-state index contributed by atoms with van der Waals surface area (Å²) in [6.45, 7) is 4.49. The van der Waals surface area contributed by atoms with E-state index in [2.05, 4.69) is 10.4 Å². The first-order valence-corrected chi connectivity index (χ1v) is 5.00. The van der Waals surface area contributed by atoms with Crippen LogP contribution in [0.25, 0.3) is 0 Å². The highest BCUT2D eigenvalue weighted by Gasteiger charge is 2.14. The second-order valence-corrected chi connectivity index (χ2v) is 3.54. The van der Waals surface area contributed by atoms with Gasteiger partial charge in [0.25, 0.3) is 0 Å². The van der Waals surface area contributed by atoms with Crippen molar-refractivity contribution < 1.29 is 4.79 Å². The van der Waals surface area contributed by atoms with E-state index in [-0.39, 0.29) is 11.9 Å². The van der Waals surface area contributed by atoms with Crippen LogP contribution in [0.5, 0.6) is 0 Å². The lowest BCUT2D eigenvalue weighted by Gasteiger charge is -2.11. The van der Waals surface area contributed by atoms with Gasteiger partial charge < -0.3 is 5.32 Å². The molecule has 0 saturated carbocycles.